The van der Waals surface area contributed by atoms with Gasteiger partial charge in [0.15, 0.2) is 0 Å². The Morgan fingerprint density at radius 3 is 1.61 bits per heavy atom. The average molecular weight is 717 g/mol. The lowest BCUT2D eigenvalue weighted by Crippen LogP contribution is -2.32. The summed E-state index contributed by atoms with van der Waals surface area (Å²) < 4.78 is 0. The molecule has 0 bridgehead atoms. The van der Waals surface area contributed by atoms with Crippen molar-refractivity contribution in [3.8, 4) is 33.4 Å². The van der Waals surface area contributed by atoms with Crippen LogP contribution in [0.2, 0.25) is 0 Å². The lowest BCUT2D eigenvalue weighted by atomic mass is 9.84. The van der Waals surface area contributed by atoms with E-state index in [0.717, 1.165) is 23.6 Å². The van der Waals surface area contributed by atoms with Crippen LogP contribution in [-0.4, -0.2) is 18.4 Å². The summed E-state index contributed by atoms with van der Waals surface area (Å²) in [6.45, 7) is 2.88. The van der Waals surface area contributed by atoms with Gasteiger partial charge in [0, 0.05) is 17.8 Å². The molecule has 2 heteroatoms. The first-order chi connectivity index (χ1) is 27.7. The molecule has 2 nitrogen and oxygen atoms in total. The van der Waals surface area contributed by atoms with Crippen LogP contribution in [0.3, 0.4) is 0 Å². The highest BCUT2D eigenvalue weighted by Crippen LogP contribution is 2.45. The predicted octanol–water partition coefficient (Wildman–Crippen LogP) is 14.1. The van der Waals surface area contributed by atoms with Gasteiger partial charge in [0.1, 0.15) is 5.84 Å². The van der Waals surface area contributed by atoms with E-state index in [1.807, 2.05) is 0 Å². The van der Waals surface area contributed by atoms with Crippen molar-refractivity contribution in [3.05, 3.63) is 212 Å². The maximum atomic E-state index is 5.24. The number of para-hydroxylation sites is 1. The van der Waals surface area contributed by atoms with Gasteiger partial charge in [-0.1, -0.05) is 176 Å². The van der Waals surface area contributed by atoms with Crippen molar-refractivity contribution in [2.75, 3.05) is 11.4 Å². The zero-order chi connectivity index (χ0) is 37.4. The molecule has 1 unspecified atom stereocenters. The van der Waals surface area contributed by atoms with E-state index in [2.05, 4.69) is 218 Å². The minimum absolute atomic E-state index is 0.0410. The molecule has 1 aliphatic heterocycles. The SMILES string of the molecule is CC1/C=C\C=C/CN(c2ccccc2)C(c2ccc(-c3ccc4c(-c5ccc6ccccc6c5)c5ccccc5c(-c5ccc6ccccc6c5)c4c3)cc2)=N1. The molecule has 56 heavy (non-hydrogen) atoms. The number of aliphatic imine (C=N–C) groups is 1. The van der Waals surface area contributed by atoms with Crippen LogP contribution in [0.4, 0.5) is 5.69 Å². The van der Waals surface area contributed by atoms with E-state index < -0.39 is 0 Å². The number of benzene rings is 9. The largest absolute Gasteiger partial charge is 0.322 e. The Hall–Kier alpha value is -7.03. The summed E-state index contributed by atoms with van der Waals surface area (Å²) in [4.78, 5) is 7.54. The topological polar surface area (TPSA) is 15.6 Å². The average Bonchev–Trinajstić information content (AvgIpc) is 3.35. The summed E-state index contributed by atoms with van der Waals surface area (Å²) >= 11 is 0. The second-order valence-electron chi connectivity index (χ2n) is 14.7. The van der Waals surface area contributed by atoms with Crippen LogP contribution in [-0.2, 0) is 0 Å². The first-order valence-electron chi connectivity index (χ1n) is 19.5. The summed E-state index contributed by atoms with van der Waals surface area (Å²) in [6, 6.07) is 66.7. The van der Waals surface area contributed by atoms with Crippen molar-refractivity contribution in [1.82, 2.24) is 0 Å². The number of anilines is 1. The molecule has 0 aliphatic carbocycles. The van der Waals surface area contributed by atoms with Gasteiger partial charge >= 0.3 is 0 Å². The zero-order valence-electron chi connectivity index (χ0n) is 31.3. The third-order valence-corrected chi connectivity index (χ3v) is 11.2. The molecule has 0 saturated heterocycles. The lowest BCUT2D eigenvalue weighted by Gasteiger charge is -2.26. The molecule has 0 aromatic heterocycles. The van der Waals surface area contributed by atoms with Crippen LogP contribution in [0.25, 0.3) is 76.5 Å². The smallest absolute Gasteiger partial charge is 0.136 e. The number of nitrogens with zero attached hydrogens (tertiary/aromatic N) is 2. The number of amidine groups is 1. The fourth-order valence-corrected chi connectivity index (χ4v) is 8.41. The van der Waals surface area contributed by atoms with Crippen LogP contribution >= 0.6 is 0 Å². The lowest BCUT2D eigenvalue weighted by molar-refractivity contribution is 0.916. The van der Waals surface area contributed by atoms with Gasteiger partial charge in [-0.3, -0.25) is 4.99 Å². The van der Waals surface area contributed by atoms with Gasteiger partial charge in [0.25, 0.3) is 0 Å². The Morgan fingerprint density at radius 2 is 0.946 bits per heavy atom. The van der Waals surface area contributed by atoms with Crippen molar-refractivity contribution in [3.63, 3.8) is 0 Å². The molecule has 0 radical (unpaired) electrons. The number of rotatable bonds is 5. The van der Waals surface area contributed by atoms with Gasteiger partial charge in [-0.25, -0.2) is 0 Å². The first-order valence-corrected chi connectivity index (χ1v) is 19.5. The molecule has 266 valence electrons. The highest BCUT2D eigenvalue weighted by Gasteiger charge is 2.20. The zero-order valence-corrected chi connectivity index (χ0v) is 31.3. The number of allylic oxidation sites excluding steroid dienone is 2. The number of hydrogen-bond donors (Lipinski definition) is 0. The van der Waals surface area contributed by atoms with E-state index in [1.54, 1.807) is 0 Å². The maximum Gasteiger partial charge on any atom is 0.136 e. The molecule has 9 aromatic carbocycles. The molecular formula is C54H40N2. The summed E-state index contributed by atoms with van der Waals surface area (Å²) in [5, 5.41) is 9.98. The van der Waals surface area contributed by atoms with Gasteiger partial charge in [-0.15, -0.1) is 0 Å². The summed E-state index contributed by atoms with van der Waals surface area (Å²) in [7, 11) is 0. The monoisotopic (exact) mass is 716 g/mol. The van der Waals surface area contributed by atoms with Gasteiger partial charge < -0.3 is 4.90 Å². The van der Waals surface area contributed by atoms with Crippen LogP contribution in [0.5, 0.6) is 0 Å². The van der Waals surface area contributed by atoms with E-state index >= 15 is 0 Å². The van der Waals surface area contributed by atoms with Crippen molar-refractivity contribution < 1.29 is 0 Å². The van der Waals surface area contributed by atoms with E-state index in [9.17, 15) is 0 Å². The van der Waals surface area contributed by atoms with Crippen molar-refractivity contribution in [1.29, 1.82) is 0 Å². The fourth-order valence-electron chi connectivity index (χ4n) is 8.41. The fraction of sp³-hybridized carbons (Fsp3) is 0.0556. The Kier molecular flexibility index (Phi) is 8.57. The third kappa shape index (κ3) is 6.16. The van der Waals surface area contributed by atoms with Crippen LogP contribution < -0.4 is 4.90 Å². The minimum atomic E-state index is 0.0410. The van der Waals surface area contributed by atoms with Gasteiger partial charge in [-0.05, 0) is 114 Å². The molecule has 10 rings (SSSR count). The Balaban J connectivity index is 1.16. The molecule has 1 atom stereocenters. The molecule has 0 amide bonds. The summed E-state index contributed by atoms with van der Waals surface area (Å²) in [6.07, 6.45) is 8.57. The first kappa shape index (κ1) is 33.5. The maximum absolute atomic E-state index is 5.24. The molecule has 1 aliphatic rings. The van der Waals surface area contributed by atoms with Gasteiger partial charge in [0.2, 0.25) is 0 Å². The third-order valence-electron chi connectivity index (χ3n) is 11.2. The van der Waals surface area contributed by atoms with Crippen molar-refractivity contribution in [2.45, 2.75) is 13.0 Å². The van der Waals surface area contributed by atoms with Crippen LogP contribution in [0.1, 0.15) is 12.5 Å². The molecule has 0 fully saturated rings. The quantitative estimate of drug-likeness (QED) is 0.162. The Morgan fingerprint density at radius 1 is 0.429 bits per heavy atom. The molecule has 9 aromatic rings. The van der Waals surface area contributed by atoms with E-state index in [-0.39, 0.29) is 6.04 Å². The van der Waals surface area contributed by atoms with Crippen LogP contribution in [0.15, 0.2) is 211 Å². The molecular weight excluding hydrogens is 677 g/mol. The second-order valence-corrected chi connectivity index (χ2v) is 14.7. The molecule has 0 N–H and O–H groups in total. The van der Waals surface area contributed by atoms with E-state index in [0.29, 0.717) is 0 Å². The van der Waals surface area contributed by atoms with E-state index in [4.69, 9.17) is 4.99 Å². The number of fused-ring (bicyclic) bond motifs is 4. The van der Waals surface area contributed by atoms with Crippen LogP contribution in [0, 0.1) is 0 Å². The second kappa shape index (κ2) is 14.3. The highest BCUT2D eigenvalue weighted by atomic mass is 15.2. The van der Waals surface area contributed by atoms with Gasteiger partial charge in [0.05, 0.1) is 6.04 Å². The van der Waals surface area contributed by atoms with Crippen molar-refractivity contribution >= 4 is 54.6 Å². The van der Waals surface area contributed by atoms with Crippen molar-refractivity contribution in [2.24, 2.45) is 4.99 Å². The Bertz CT molecular complexity index is 3010. The standard InChI is InChI=1S/C54H40N2/c1-37-14-4-3-13-33-56(47-19-5-2-6-20-47)54(55-37)41-27-23-40(24-28-41)44-31-32-50-51(36-44)53(46-30-26-39-16-8-10-18-43(39)35-46)49-22-12-11-21-48(49)52(50)45-29-25-38-15-7-9-17-42(38)34-45/h2-32,34-37H,33H2,1H3/b13-3-,14-4-,55-54?. The van der Waals surface area contributed by atoms with Gasteiger partial charge in [-0.2, -0.15) is 0 Å². The molecule has 1 heterocycles. The molecule has 0 saturated carbocycles. The normalized spacial score (nSPS) is 15.7. The molecule has 0 spiro atoms. The predicted molar refractivity (Wildman–Crippen MR) is 241 cm³/mol. The van der Waals surface area contributed by atoms with E-state index in [1.165, 1.54) is 76.5 Å². The number of hydrogen-bond acceptors (Lipinski definition) is 2. The summed E-state index contributed by atoms with van der Waals surface area (Å²) in [5.41, 5.74) is 9.55. The summed E-state index contributed by atoms with van der Waals surface area (Å²) in [5.74, 6) is 0.968. The minimum Gasteiger partial charge on any atom is -0.322 e. The Labute approximate surface area is 328 Å². The highest BCUT2D eigenvalue weighted by molar-refractivity contribution is 6.22.